The van der Waals surface area contributed by atoms with Crippen molar-refractivity contribution in [2.75, 3.05) is 0 Å². The van der Waals surface area contributed by atoms with Gasteiger partial charge in [-0.05, 0) is 48.8 Å². The maximum absolute atomic E-state index is 10.9. The Morgan fingerprint density at radius 3 is 2.50 bits per heavy atom. The van der Waals surface area contributed by atoms with Crippen molar-refractivity contribution in [3.63, 3.8) is 0 Å². The van der Waals surface area contributed by atoms with E-state index in [1.807, 2.05) is 12.1 Å². The van der Waals surface area contributed by atoms with Crippen LogP contribution in [-0.2, 0) is 4.79 Å². The number of hydrogen-bond acceptors (Lipinski definition) is 2. The zero-order chi connectivity index (χ0) is 11.5. The molecule has 1 aromatic carbocycles. The molecule has 0 saturated heterocycles. The molecule has 0 heterocycles. The van der Waals surface area contributed by atoms with Gasteiger partial charge in [0.15, 0.2) is 0 Å². The van der Waals surface area contributed by atoms with Gasteiger partial charge in [-0.25, -0.2) is 0 Å². The van der Waals surface area contributed by atoms with E-state index in [1.54, 1.807) is 12.1 Å². The fourth-order valence-electron chi connectivity index (χ4n) is 2.79. The second-order valence-electron chi connectivity index (χ2n) is 5.00. The minimum atomic E-state index is 0.211. The van der Waals surface area contributed by atoms with E-state index in [-0.39, 0.29) is 5.92 Å². The Morgan fingerprint density at radius 2 is 1.88 bits per heavy atom. The van der Waals surface area contributed by atoms with Gasteiger partial charge < -0.3 is 9.90 Å². The lowest BCUT2D eigenvalue weighted by molar-refractivity contribution is -0.112. The van der Waals surface area contributed by atoms with Crippen molar-refractivity contribution in [2.45, 2.75) is 32.1 Å². The molecular formula is C14H18O2. The third-order valence-corrected chi connectivity index (χ3v) is 3.54. The van der Waals surface area contributed by atoms with Crippen LogP contribution in [-0.4, -0.2) is 11.4 Å². The standard InChI is InChI=1S/C14H18O2/c1-10-6-11(9-15)8-13(7-10)12-2-4-14(16)5-3-12/h2-5,9-11,13,16H,6-8H2,1H3. The molecule has 0 aliphatic heterocycles. The van der Waals surface area contributed by atoms with Gasteiger partial charge in [0.1, 0.15) is 12.0 Å². The Balaban J connectivity index is 2.14. The lowest BCUT2D eigenvalue weighted by atomic mass is 9.74. The molecule has 1 aliphatic rings. The second-order valence-corrected chi connectivity index (χ2v) is 5.00. The quantitative estimate of drug-likeness (QED) is 0.774. The number of aromatic hydroxyl groups is 1. The molecule has 2 heteroatoms. The van der Waals surface area contributed by atoms with Crippen LogP contribution in [0, 0.1) is 11.8 Å². The first-order valence-electron chi connectivity index (χ1n) is 5.93. The van der Waals surface area contributed by atoms with Crippen molar-refractivity contribution >= 4 is 6.29 Å². The van der Waals surface area contributed by atoms with Crippen molar-refractivity contribution in [1.29, 1.82) is 0 Å². The van der Waals surface area contributed by atoms with Gasteiger partial charge >= 0.3 is 0 Å². The SMILES string of the molecule is CC1CC(C=O)CC(c2ccc(O)cc2)C1. The summed E-state index contributed by atoms with van der Waals surface area (Å²) in [6.45, 7) is 2.21. The average Bonchev–Trinajstić information content (AvgIpc) is 2.29. The summed E-state index contributed by atoms with van der Waals surface area (Å²) in [4.78, 5) is 10.9. The van der Waals surface area contributed by atoms with Gasteiger partial charge in [0.25, 0.3) is 0 Å². The summed E-state index contributed by atoms with van der Waals surface area (Å²) in [5, 5.41) is 9.25. The molecule has 0 aromatic heterocycles. The third kappa shape index (κ3) is 2.43. The van der Waals surface area contributed by atoms with Crippen LogP contribution in [0.15, 0.2) is 24.3 Å². The summed E-state index contributed by atoms with van der Waals surface area (Å²) in [6, 6.07) is 7.40. The third-order valence-electron chi connectivity index (χ3n) is 3.54. The monoisotopic (exact) mass is 218 g/mol. The van der Waals surface area contributed by atoms with Crippen LogP contribution in [0.1, 0.15) is 37.7 Å². The van der Waals surface area contributed by atoms with Crippen molar-refractivity contribution in [1.82, 2.24) is 0 Å². The van der Waals surface area contributed by atoms with Crippen molar-refractivity contribution in [2.24, 2.45) is 11.8 Å². The fraction of sp³-hybridized carbons (Fsp3) is 0.500. The summed E-state index contributed by atoms with van der Waals surface area (Å²) >= 11 is 0. The molecule has 1 aliphatic carbocycles. The van der Waals surface area contributed by atoms with E-state index in [1.165, 1.54) is 5.56 Å². The van der Waals surface area contributed by atoms with E-state index in [2.05, 4.69) is 6.92 Å². The van der Waals surface area contributed by atoms with Crippen LogP contribution in [0.4, 0.5) is 0 Å². The molecule has 2 rings (SSSR count). The molecule has 1 aromatic rings. The minimum absolute atomic E-state index is 0.211. The predicted octanol–water partition coefficient (Wildman–Crippen LogP) is 3.11. The van der Waals surface area contributed by atoms with Gasteiger partial charge in [0, 0.05) is 5.92 Å². The largest absolute Gasteiger partial charge is 0.508 e. The van der Waals surface area contributed by atoms with E-state index >= 15 is 0 Å². The molecule has 3 atom stereocenters. The normalized spacial score (nSPS) is 29.9. The number of phenols is 1. The first kappa shape index (κ1) is 11.2. The molecular weight excluding hydrogens is 200 g/mol. The average molecular weight is 218 g/mol. The summed E-state index contributed by atoms with van der Waals surface area (Å²) in [7, 11) is 0. The molecule has 1 N–H and O–H groups in total. The molecule has 3 unspecified atom stereocenters. The van der Waals surface area contributed by atoms with E-state index in [9.17, 15) is 9.90 Å². The van der Waals surface area contributed by atoms with Gasteiger partial charge in [0.05, 0.1) is 0 Å². The van der Waals surface area contributed by atoms with Crippen molar-refractivity contribution in [3.05, 3.63) is 29.8 Å². The maximum Gasteiger partial charge on any atom is 0.123 e. The minimum Gasteiger partial charge on any atom is -0.508 e. The lowest BCUT2D eigenvalue weighted by Gasteiger charge is -2.30. The number of phenolic OH excluding ortho intramolecular Hbond substituents is 1. The Bertz CT molecular complexity index is 356. The summed E-state index contributed by atoms with van der Waals surface area (Å²) in [6.07, 6.45) is 4.23. The number of carbonyl (C=O) groups is 1. The Kier molecular flexibility index (Phi) is 3.28. The van der Waals surface area contributed by atoms with Crippen molar-refractivity contribution < 1.29 is 9.90 Å². The van der Waals surface area contributed by atoms with Crippen LogP contribution in [0.5, 0.6) is 5.75 Å². The molecule has 0 spiro atoms. The molecule has 2 nitrogen and oxygen atoms in total. The number of carbonyl (C=O) groups excluding carboxylic acids is 1. The highest BCUT2D eigenvalue weighted by molar-refractivity contribution is 5.54. The van der Waals surface area contributed by atoms with Gasteiger partial charge in [0.2, 0.25) is 0 Å². The molecule has 0 radical (unpaired) electrons. The zero-order valence-electron chi connectivity index (χ0n) is 9.60. The van der Waals surface area contributed by atoms with E-state index in [0.717, 1.165) is 25.5 Å². The van der Waals surface area contributed by atoms with E-state index < -0.39 is 0 Å². The predicted molar refractivity (Wildman–Crippen MR) is 63.4 cm³/mol. The highest BCUT2D eigenvalue weighted by Gasteiger charge is 2.27. The Morgan fingerprint density at radius 1 is 1.19 bits per heavy atom. The summed E-state index contributed by atoms with van der Waals surface area (Å²) in [5.74, 6) is 1.60. The number of aldehydes is 1. The molecule has 16 heavy (non-hydrogen) atoms. The number of benzene rings is 1. The molecule has 0 bridgehead atoms. The molecule has 1 saturated carbocycles. The van der Waals surface area contributed by atoms with Crippen LogP contribution in [0.25, 0.3) is 0 Å². The van der Waals surface area contributed by atoms with Gasteiger partial charge in [-0.1, -0.05) is 19.1 Å². The second kappa shape index (κ2) is 4.69. The highest BCUT2D eigenvalue weighted by Crippen LogP contribution is 2.38. The van der Waals surface area contributed by atoms with E-state index in [0.29, 0.717) is 17.6 Å². The molecule has 0 amide bonds. The van der Waals surface area contributed by atoms with Gasteiger partial charge in [-0.3, -0.25) is 0 Å². The summed E-state index contributed by atoms with van der Waals surface area (Å²) < 4.78 is 0. The highest BCUT2D eigenvalue weighted by atomic mass is 16.3. The smallest absolute Gasteiger partial charge is 0.123 e. The molecule has 1 fully saturated rings. The van der Waals surface area contributed by atoms with Crippen LogP contribution in [0.2, 0.25) is 0 Å². The first-order chi connectivity index (χ1) is 7.69. The molecule has 86 valence electrons. The van der Waals surface area contributed by atoms with Gasteiger partial charge in [-0.15, -0.1) is 0 Å². The van der Waals surface area contributed by atoms with Crippen LogP contribution >= 0.6 is 0 Å². The lowest BCUT2D eigenvalue weighted by Crippen LogP contribution is -2.20. The zero-order valence-corrected chi connectivity index (χ0v) is 9.60. The van der Waals surface area contributed by atoms with Crippen LogP contribution < -0.4 is 0 Å². The topological polar surface area (TPSA) is 37.3 Å². The van der Waals surface area contributed by atoms with Crippen molar-refractivity contribution in [3.8, 4) is 5.75 Å². The Hall–Kier alpha value is -1.31. The number of hydrogen-bond donors (Lipinski definition) is 1. The maximum atomic E-state index is 10.9. The summed E-state index contributed by atoms with van der Waals surface area (Å²) in [5.41, 5.74) is 1.25. The van der Waals surface area contributed by atoms with E-state index in [4.69, 9.17) is 0 Å². The Labute approximate surface area is 96.3 Å². The van der Waals surface area contributed by atoms with Crippen LogP contribution in [0.3, 0.4) is 0 Å². The first-order valence-corrected chi connectivity index (χ1v) is 5.93. The fourth-order valence-corrected chi connectivity index (χ4v) is 2.79. The number of rotatable bonds is 2. The van der Waals surface area contributed by atoms with Gasteiger partial charge in [-0.2, -0.15) is 0 Å².